The lowest BCUT2D eigenvalue weighted by Crippen LogP contribution is -2.00. The van der Waals surface area contributed by atoms with Crippen LogP contribution in [0.2, 0.25) is 0 Å². The van der Waals surface area contributed by atoms with Gasteiger partial charge in [-0.15, -0.1) is 4.99 Å². The van der Waals surface area contributed by atoms with E-state index in [9.17, 15) is 18.0 Å². The van der Waals surface area contributed by atoms with E-state index in [-0.39, 0.29) is 0 Å². The molecule has 0 aliphatic rings. The first-order chi connectivity index (χ1) is 3.98. The second-order valence-corrected chi connectivity index (χ2v) is 3.35. The summed E-state index contributed by atoms with van der Waals surface area (Å²) in [6, 6.07) is 0. The van der Waals surface area contributed by atoms with Gasteiger partial charge in [-0.25, -0.2) is 13.2 Å². The average Bonchev–Trinajstić information content (AvgIpc) is 1.64. The van der Waals surface area contributed by atoms with Gasteiger partial charge in [-0.2, -0.15) is 0 Å². The predicted octanol–water partition coefficient (Wildman–Crippen LogP) is 0.0108. The number of aliphatic imine (C=N–C) groups is 1. The van der Waals surface area contributed by atoms with Gasteiger partial charge in [0, 0.05) is 10.7 Å². The van der Waals surface area contributed by atoms with Crippen molar-refractivity contribution in [3.05, 3.63) is 0 Å². The van der Waals surface area contributed by atoms with Crippen LogP contribution in [0.25, 0.3) is 0 Å². The Morgan fingerprint density at radius 3 is 2.11 bits per heavy atom. The molecule has 0 aromatic rings. The highest BCUT2D eigenvalue weighted by atomic mass is 35.7. The molecule has 0 saturated heterocycles. The number of hydrogen-bond donors (Lipinski definition) is 0. The lowest BCUT2D eigenvalue weighted by Gasteiger charge is -1.77. The van der Waals surface area contributed by atoms with Crippen molar-refractivity contribution in [3.63, 3.8) is 0 Å². The number of halogens is 1. The Hall–Kier alpha value is -0.710. The van der Waals surface area contributed by atoms with Crippen molar-refractivity contribution in [2.24, 2.45) is 4.99 Å². The van der Waals surface area contributed by atoms with Crippen molar-refractivity contribution in [2.75, 3.05) is 0 Å². The third-order valence-corrected chi connectivity index (χ3v) is 1.25. The SMILES string of the molecule is O=C=NC(=O)S(=O)(=O)Cl. The van der Waals surface area contributed by atoms with Crippen LogP contribution in [0.3, 0.4) is 0 Å². The van der Waals surface area contributed by atoms with Crippen molar-refractivity contribution >= 4 is 31.1 Å². The van der Waals surface area contributed by atoms with Gasteiger partial charge in [0.25, 0.3) is 0 Å². The van der Waals surface area contributed by atoms with E-state index in [1.54, 1.807) is 0 Å². The number of amides is 1. The molecule has 7 heteroatoms. The van der Waals surface area contributed by atoms with Gasteiger partial charge in [-0.1, -0.05) is 0 Å². The van der Waals surface area contributed by atoms with Crippen LogP contribution >= 0.6 is 10.7 Å². The fraction of sp³-hybridized carbons (Fsp3) is 0. The van der Waals surface area contributed by atoms with Crippen LogP contribution in [0.1, 0.15) is 0 Å². The van der Waals surface area contributed by atoms with E-state index in [0.717, 1.165) is 6.08 Å². The van der Waals surface area contributed by atoms with Crippen molar-refractivity contribution in [3.8, 4) is 0 Å². The Balaban J connectivity index is 4.64. The van der Waals surface area contributed by atoms with Gasteiger partial charge in [0.1, 0.15) is 0 Å². The summed E-state index contributed by atoms with van der Waals surface area (Å²) in [6.45, 7) is 0. The standard InChI is InChI=1S/C2ClNO4S/c3-9(7,8)2(6)4-1-5. The summed E-state index contributed by atoms with van der Waals surface area (Å²) in [5, 5.41) is -1.70. The maximum absolute atomic E-state index is 9.92. The smallest absolute Gasteiger partial charge is 0.251 e. The van der Waals surface area contributed by atoms with Crippen LogP contribution in [0, 0.1) is 0 Å². The summed E-state index contributed by atoms with van der Waals surface area (Å²) >= 11 is 0. The molecule has 0 saturated carbocycles. The zero-order valence-electron chi connectivity index (χ0n) is 3.87. The van der Waals surface area contributed by atoms with Crippen molar-refractivity contribution in [1.82, 2.24) is 0 Å². The molecule has 0 rings (SSSR count). The first-order valence-electron chi connectivity index (χ1n) is 1.55. The highest BCUT2D eigenvalue weighted by Crippen LogP contribution is 1.99. The molecule has 0 heterocycles. The Kier molecular flexibility index (Phi) is 2.51. The zero-order chi connectivity index (χ0) is 7.49. The maximum atomic E-state index is 9.92. The molecular formula is C2ClNO4S. The molecule has 0 N–H and O–H groups in total. The van der Waals surface area contributed by atoms with E-state index in [4.69, 9.17) is 0 Å². The number of rotatable bonds is 0. The molecule has 50 valence electrons. The second kappa shape index (κ2) is 2.72. The average molecular weight is 170 g/mol. The Labute approximate surface area is 54.8 Å². The van der Waals surface area contributed by atoms with Gasteiger partial charge in [-0.05, 0) is 0 Å². The zero-order valence-corrected chi connectivity index (χ0v) is 5.44. The Morgan fingerprint density at radius 2 is 2.00 bits per heavy atom. The van der Waals surface area contributed by atoms with Gasteiger partial charge in [0.2, 0.25) is 6.08 Å². The molecule has 0 radical (unpaired) electrons. The molecule has 0 unspecified atom stereocenters. The lowest BCUT2D eigenvalue weighted by atomic mass is 11.3. The molecule has 0 atom stereocenters. The highest BCUT2D eigenvalue weighted by Gasteiger charge is 2.16. The van der Waals surface area contributed by atoms with Gasteiger partial charge in [0.05, 0.1) is 0 Å². The third kappa shape index (κ3) is 2.97. The van der Waals surface area contributed by atoms with Crippen LogP contribution < -0.4 is 0 Å². The first-order valence-corrected chi connectivity index (χ1v) is 3.86. The normalized spacial score (nSPS) is 9.89. The summed E-state index contributed by atoms with van der Waals surface area (Å²) < 4.78 is 19.7. The van der Waals surface area contributed by atoms with E-state index >= 15 is 0 Å². The molecule has 1 amide bonds. The van der Waals surface area contributed by atoms with Crippen LogP contribution in [-0.4, -0.2) is 19.7 Å². The van der Waals surface area contributed by atoms with E-state index in [1.165, 1.54) is 0 Å². The highest BCUT2D eigenvalue weighted by molar-refractivity contribution is 8.25. The monoisotopic (exact) mass is 169 g/mol. The van der Waals surface area contributed by atoms with Crippen LogP contribution in [0.15, 0.2) is 4.99 Å². The lowest BCUT2D eigenvalue weighted by molar-refractivity contribution is 0.265. The predicted molar refractivity (Wildman–Crippen MR) is 28.3 cm³/mol. The van der Waals surface area contributed by atoms with Gasteiger partial charge >= 0.3 is 14.3 Å². The minimum Gasteiger partial charge on any atom is -0.251 e. The number of carbonyl (C=O) groups excluding carboxylic acids is 2. The minimum atomic E-state index is -4.36. The first kappa shape index (κ1) is 8.29. The number of nitrogens with zero attached hydrogens (tertiary/aromatic N) is 1. The quantitative estimate of drug-likeness (QED) is 0.291. The molecular weight excluding hydrogens is 170 g/mol. The molecule has 0 bridgehead atoms. The van der Waals surface area contributed by atoms with Crippen molar-refractivity contribution < 1.29 is 18.0 Å². The molecule has 0 aliphatic heterocycles. The Bertz CT molecular complexity index is 260. The molecule has 0 spiro atoms. The van der Waals surface area contributed by atoms with Gasteiger partial charge < -0.3 is 0 Å². The fourth-order valence-electron chi connectivity index (χ4n) is 0.0918. The molecule has 0 aromatic carbocycles. The minimum absolute atomic E-state index is 0.736. The summed E-state index contributed by atoms with van der Waals surface area (Å²) in [6.07, 6.45) is 0.736. The number of hydrogen-bond acceptors (Lipinski definition) is 4. The van der Waals surface area contributed by atoms with E-state index in [2.05, 4.69) is 15.7 Å². The number of isocyanates is 1. The van der Waals surface area contributed by atoms with E-state index in [0.29, 0.717) is 0 Å². The topological polar surface area (TPSA) is 80.6 Å². The number of carbonyl (C=O) groups is 1. The second-order valence-electron chi connectivity index (χ2n) is 0.907. The van der Waals surface area contributed by atoms with Gasteiger partial charge in [-0.3, -0.25) is 4.79 Å². The molecule has 5 nitrogen and oxygen atoms in total. The van der Waals surface area contributed by atoms with Gasteiger partial charge in [0.15, 0.2) is 0 Å². The van der Waals surface area contributed by atoms with E-state index in [1.807, 2.05) is 0 Å². The molecule has 0 fully saturated rings. The summed E-state index contributed by atoms with van der Waals surface area (Å²) in [4.78, 5) is 21.4. The van der Waals surface area contributed by atoms with Crippen LogP contribution in [0.5, 0.6) is 0 Å². The maximum Gasteiger partial charge on any atom is 0.388 e. The summed E-state index contributed by atoms with van der Waals surface area (Å²) in [5.74, 6) is 0. The summed E-state index contributed by atoms with van der Waals surface area (Å²) in [7, 11) is 0.0516. The molecule has 0 aromatic heterocycles. The van der Waals surface area contributed by atoms with Crippen molar-refractivity contribution in [2.45, 2.75) is 0 Å². The van der Waals surface area contributed by atoms with E-state index < -0.39 is 14.3 Å². The molecule has 0 aliphatic carbocycles. The Morgan fingerprint density at radius 1 is 1.56 bits per heavy atom. The van der Waals surface area contributed by atoms with Crippen LogP contribution in [-0.2, 0) is 13.8 Å². The summed E-state index contributed by atoms with van der Waals surface area (Å²) in [5.41, 5.74) is 0. The third-order valence-electron chi connectivity index (χ3n) is 0.346. The van der Waals surface area contributed by atoms with Crippen LogP contribution in [0.4, 0.5) is 4.79 Å². The van der Waals surface area contributed by atoms with Crippen molar-refractivity contribution in [1.29, 1.82) is 0 Å². The fourth-order valence-corrected chi connectivity index (χ4v) is 0.342. The molecule has 9 heavy (non-hydrogen) atoms. The largest absolute Gasteiger partial charge is 0.388 e.